The van der Waals surface area contributed by atoms with E-state index in [0.717, 1.165) is 25.4 Å². The topological polar surface area (TPSA) is 32.8 Å². The molecule has 0 aromatic carbocycles. The van der Waals surface area contributed by atoms with E-state index in [1.54, 1.807) is 11.9 Å². The van der Waals surface area contributed by atoms with Gasteiger partial charge in [-0.05, 0) is 32.4 Å². The van der Waals surface area contributed by atoms with Crippen LogP contribution in [0.3, 0.4) is 0 Å². The Morgan fingerprint density at radius 1 is 1.64 bits per heavy atom. The number of carbonyl (C=O) groups excluding carboxylic acids is 1. The van der Waals surface area contributed by atoms with Crippen molar-refractivity contribution < 1.29 is 9.53 Å². The fraction of sp³-hybridized carbons (Fsp3) is 0.900. The molecule has 0 N–H and O–H groups in total. The Morgan fingerprint density at radius 3 is 2.86 bits per heavy atom. The van der Waals surface area contributed by atoms with E-state index in [1.165, 1.54) is 20.1 Å². The average Bonchev–Trinajstić information content (AvgIpc) is 2.59. The first-order valence-corrected chi connectivity index (χ1v) is 5.11. The fourth-order valence-corrected chi connectivity index (χ4v) is 1.89. The van der Waals surface area contributed by atoms with Gasteiger partial charge in [0.15, 0.2) is 0 Å². The molecular weight excluding hydrogens is 180 g/mol. The smallest absolute Gasteiger partial charge is 0.409 e. The van der Waals surface area contributed by atoms with Gasteiger partial charge in [0.1, 0.15) is 0 Å². The third kappa shape index (κ3) is 3.18. The molecule has 4 heteroatoms. The summed E-state index contributed by atoms with van der Waals surface area (Å²) in [4.78, 5) is 15.0. The Labute approximate surface area is 85.8 Å². The van der Waals surface area contributed by atoms with Crippen molar-refractivity contribution in [2.45, 2.75) is 12.8 Å². The van der Waals surface area contributed by atoms with Crippen molar-refractivity contribution in [3.63, 3.8) is 0 Å². The van der Waals surface area contributed by atoms with Gasteiger partial charge in [0.05, 0.1) is 7.11 Å². The second-order valence-electron chi connectivity index (χ2n) is 4.10. The predicted molar refractivity (Wildman–Crippen MR) is 55.3 cm³/mol. The van der Waals surface area contributed by atoms with Gasteiger partial charge in [0, 0.05) is 20.1 Å². The summed E-state index contributed by atoms with van der Waals surface area (Å²) >= 11 is 0. The highest BCUT2D eigenvalue weighted by Gasteiger charge is 2.20. The van der Waals surface area contributed by atoms with Crippen LogP contribution in [-0.4, -0.2) is 56.7 Å². The number of nitrogens with zero attached hydrogens (tertiary/aromatic N) is 2. The Hall–Kier alpha value is -0.770. The number of rotatable bonds is 3. The zero-order valence-electron chi connectivity index (χ0n) is 9.32. The fourth-order valence-electron chi connectivity index (χ4n) is 1.89. The highest BCUT2D eigenvalue weighted by atomic mass is 16.5. The number of ether oxygens (including phenoxy) is 1. The first kappa shape index (κ1) is 11.3. The maximum absolute atomic E-state index is 11.1. The van der Waals surface area contributed by atoms with Crippen LogP contribution in [-0.2, 0) is 4.74 Å². The Bertz CT molecular complexity index is 197. The molecule has 1 saturated heterocycles. The summed E-state index contributed by atoms with van der Waals surface area (Å²) in [5.74, 6) is 0.743. The van der Waals surface area contributed by atoms with Crippen molar-refractivity contribution in [3.05, 3.63) is 0 Å². The molecule has 4 nitrogen and oxygen atoms in total. The average molecular weight is 200 g/mol. The van der Waals surface area contributed by atoms with E-state index >= 15 is 0 Å². The van der Waals surface area contributed by atoms with Crippen LogP contribution in [0.1, 0.15) is 12.8 Å². The van der Waals surface area contributed by atoms with Gasteiger partial charge in [0.25, 0.3) is 0 Å². The zero-order chi connectivity index (χ0) is 10.6. The minimum Gasteiger partial charge on any atom is -0.453 e. The lowest BCUT2D eigenvalue weighted by Crippen LogP contribution is -2.29. The zero-order valence-corrected chi connectivity index (χ0v) is 9.32. The highest BCUT2D eigenvalue weighted by molar-refractivity contribution is 5.66. The summed E-state index contributed by atoms with van der Waals surface area (Å²) in [5, 5.41) is 0. The van der Waals surface area contributed by atoms with E-state index in [9.17, 15) is 4.79 Å². The van der Waals surface area contributed by atoms with Gasteiger partial charge in [-0.1, -0.05) is 0 Å². The summed E-state index contributed by atoms with van der Waals surface area (Å²) in [7, 11) is 5.34. The van der Waals surface area contributed by atoms with Gasteiger partial charge in [0.2, 0.25) is 0 Å². The van der Waals surface area contributed by atoms with Crippen LogP contribution in [0.15, 0.2) is 0 Å². The Kier molecular flexibility index (Phi) is 4.20. The van der Waals surface area contributed by atoms with E-state index in [1.807, 2.05) is 0 Å². The standard InChI is InChI=1S/C10H20N2O2/c1-11-6-4-9(8-11)5-7-12(2)10(13)14-3/h9H,4-8H2,1-3H3. The summed E-state index contributed by atoms with van der Waals surface area (Å²) in [6, 6.07) is 0. The van der Waals surface area contributed by atoms with Crippen molar-refractivity contribution in [2.24, 2.45) is 5.92 Å². The number of likely N-dealkylation sites (tertiary alicyclic amines) is 1. The molecule has 0 bridgehead atoms. The van der Waals surface area contributed by atoms with Crippen LogP contribution in [0.25, 0.3) is 0 Å². The maximum atomic E-state index is 11.1. The monoisotopic (exact) mass is 200 g/mol. The molecule has 0 aromatic heterocycles. The largest absolute Gasteiger partial charge is 0.453 e. The molecule has 1 heterocycles. The minimum atomic E-state index is -0.239. The molecule has 1 fully saturated rings. The number of hydrogen-bond donors (Lipinski definition) is 0. The SMILES string of the molecule is COC(=O)N(C)CCC1CCN(C)C1. The Balaban J connectivity index is 2.17. The Morgan fingerprint density at radius 2 is 2.36 bits per heavy atom. The second kappa shape index (κ2) is 5.20. The first-order chi connectivity index (χ1) is 6.63. The molecule has 1 unspecified atom stereocenters. The van der Waals surface area contributed by atoms with Crippen molar-refractivity contribution in [1.82, 2.24) is 9.80 Å². The molecule has 0 radical (unpaired) electrons. The lowest BCUT2D eigenvalue weighted by Gasteiger charge is -2.17. The summed E-state index contributed by atoms with van der Waals surface area (Å²) < 4.78 is 4.62. The first-order valence-electron chi connectivity index (χ1n) is 5.11. The normalized spacial score (nSPS) is 22.4. The van der Waals surface area contributed by atoms with Crippen LogP contribution >= 0.6 is 0 Å². The molecule has 1 atom stereocenters. The molecular formula is C10H20N2O2. The van der Waals surface area contributed by atoms with Crippen LogP contribution in [0, 0.1) is 5.92 Å². The van der Waals surface area contributed by atoms with Crippen molar-refractivity contribution >= 4 is 6.09 Å². The maximum Gasteiger partial charge on any atom is 0.409 e. The summed E-state index contributed by atoms with van der Waals surface area (Å²) in [6.45, 7) is 3.15. The van der Waals surface area contributed by atoms with Crippen LogP contribution in [0.5, 0.6) is 0 Å². The van der Waals surface area contributed by atoms with E-state index in [4.69, 9.17) is 0 Å². The van der Waals surface area contributed by atoms with Crippen molar-refractivity contribution in [3.8, 4) is 0 Å². The van der Waals surface area contributed by atoms with E-state index in [-0.39, 0.29) is 6.09 Å². The van der Waals surface area contributed by atoms with Gasteiger partial charge < -0.3 is 14.5 Å². The third-order valence-corrected chi connectivity index (χ3v) is 2.85. The molecule has 1 aliphatic rings. The van der Waals surface area contributed by atoms with Gasteiger partial charge in [-0.15, -0.1) is 0 Å². The number of methoxy groups -OCH3 is 1. The van der Waals surface area contributed by atoms with Gasteiger partial charge in [-0.25, -0.2) is 4.79 Å². The van der Waals surface area contributed by atoms with Crippen LogP contribution in [0.2, 0.25) is 0 Å². The predicted octanol–water partition coefficient (Wildman–Crippen LogP) is 1.03. The van der Waals surface area contributed by atoms with Gasteiger partial charge in [-0.3, -0.25) is 0 Å². The molecule has 82 valence electrons. The van der Waals surface area contributed by atoms with E-state index < -0.39 is 0 Å². The third-order valence-electron chi connectivity index (χ3n) is 2.85. The molecule has 0 aromatic rings. The van der Waals surface area contributed by atoms with Gasteiger partial charge >= 0.3 is 6.09 Å². The molecule has 14 heavy (non-hydrogen) atoms. The minimum absolute atomic E-state index is 0.239. The second-order valence-corrected chi connectivity index (χ2v) is 4.10. The molecule has 1 rings (SSSR count). The van der Waals surface area contributed by atoms with E-state index in [0.29, 0.717) is 0 Å². The number of hydrogen-bond acceptors (Lipinski definition) is 3. The summed E-state index contributed by atoms with van der Waals surface area (Å²) in [5.41, 5.74) is 0. The van der Waals surface area contributed by atoms with Crippen molar-refractivity contribution in [1.29, 1.82) is 0 Å². The quantitative estimate of drug-likeness (QED) is 0.682. The van der Waals surface area contributed by atoms with E-state index in [2.05, 4.69) is 16.7 Å². The highest BCUT2D eigenvalue weighted by Crippen LogP contribution is 2.17. The number of carbonyl (C=O) groups is 1. The van der Waals surface area contributed by atoms with Gasteiger partial charge in [-0.2, -0.15) is 0 Å². The van der Waals surface area contributed by atoms with Crippen LogP contribution in [0.4, 0.5) is 4.79 Å². The van der Waals surface area contributed by atoms with Crippen molar-refractivity contribution in [2.75, 3.05) is 40.8 Å². The lowest BCUT2D eigenvalue weighted by molar-refractivity contribution is 0.131. The molecule has 1 amide bonds. The summed E-state index contributed by atoms with van der Waals surface area (Å²) in [6.07, 6.45) is 2.10. The lowest BCUT2D eigenvalue weighted by atomic mass is 10.1. The molecule has 0 aliphatic carbocycles. The van der Waals surface area contributed by atoms with Crippen LogP contribution < -0.4 is 0 Å². The molecule has 0 spiro atoms. The number of amides is 1. The molecule has 1 aliphatic heterocycles. The molecule has 0 saturated carbocycles.